The molecular formula is C20H31NO7Si. The topological polar surface area (TPSA) is 108 Å². The minimum atomic E-state index is -2.42. The normalized spacial score (nSPS) is 28.0. The fourth-order valence-corrected chi connectivity index (χ4v) is 4.54. The van der Waals surface area contributed by atoms with Crippen LogP contribution in [0.4, 0.5) is 0 Å². The number of hydrogen-bond donors (Lipinski definition) is 1. The van der Waals surface area contributed by atoms with Gasteiger partial charge in [0.2, 0.25) is 6.10 Å². The van der Waals surface area contributed by atoms with E-state index in [1.165, 1.54) is 0 Å². The molecule has 1 N–H and O–H groups in total. The van der Waals surface area contributed by atoms with Crippen LogP contribution in [0.1, 0.15) is 39.2 Å². The summed E-state index contributed by atoms with van der Waals surface area (Å²) < 4.78 is 16.8. The summed E-state index contributed by atoms with van der Waals surface area (Å²) in [7, 11) is -2.42. The summed E-state index contributed by atoms with van der Waals surface area (Å²) in [6.07, 6.45) is -4.01. The highest BCUT2D eigenvalue weighted by atomic mass is 28.4. The molecule has 1 aromatic carbocycles. The molecule has 5 atom stereocenters. The fraction of sp³-hybridized carbons (Fsp3) is 0.650. The standard InChI is InChI=1S/C20H31NO7Si/c1-7-26-18(22)17-15(21(24)25)14(13-11-9-8-10-12-13)16(19(23)27-17)28-29(5,6)20(2,3)4/h8-12,14-17,19,23H,7H2,1-6H3/t14-,15+,16-,17-,19-/m0/s1. The number of nitrogens with zero attached hydrogens (tertiary/aromatic N) is 1. The van der Waals surface area contributed by atoms with E-state index in [9.17, 15) is 20.0 Å². The molecule has 1 saturated heterocycles. The molecule has 0 unspecified atom stereocenters. The molecule has 0 spiro atoms. The Kier molecular flexibility index (Phi) is 7.21. The van der Waals surface area contributed by atoms with E-state index in [1.807, 2.05) is 33.9 Å². The van der Waals surface area contributed by atoms with Gasteiger partial charge in [0.15, 0.2) is 14.6 Å². The molecule has 2 rings (SSSR count). The van der Waals surface area contributed by atoms with Crippen molar-refractivity contribution in [3.63, 3.8) is 0 Å². The Bertz CT molecular complexity index is 719. The second-order valence-corrected chi connectivity index (χ2v) is 13.5. The monoisotopic (exact) mass is 425 g/mol. The van der Waals surface area contributed by atoms with Gasteiger partial charge in [-0.2, -0.15) is 0 Å². The Balaban J connectivity index is 2.55. The zero-order chi connectivity index (χ0) is 22.0. The van der Waals surface area contributed by atoms with Gasteiger partial charge in [0, 0.05) is 4.92 Å². The van der Waals surface area contributed by atoms with Crippen LogP contribution in [-0.4, -0.2) is 55.5 Å². The zero-order valence-corrected chi connectivity index (χ0v) is 18.8. The molecule has 162 valence electrons. The molecule has 1 heterocycles. The van der Waals surface area contributed by atoms with E-state index in [2.05, 4.69) is 0 Å². The Labute approximate surface area is 172 Å². The number of esters is 1. The van der Waals surface area contributed by atoms with Crippen LogP contribution in [-0.2, 0) is 18.7 Å². The molecule has 0 aromatic heterocycles. The maximum atomic E-state index is 12.4. The van der Waals surface area contributed by atoms with Gasteiger partial charge in [0.05, 0.1) is 12.5 Å². The summed E-state index contributed by atoms with van der Waals surface area (Å²) >= 11 is 0. The lowest BCUT2D eigenvalue weighted by Crippen LogP contribution is -2.61. The number of carbonyl (C=O) groups excluding carboxylic acids is 1. The lowest BCUT2D eigenvalue weighted by atomic mass is 9.81. The van der Waals surface area contributed by atoms with E-state index in [0.717, 1.165) is 0 Å². The Morgan fingerprint density at radius 2 is 1.86 bits per heavy atom. The Hall–Kier alpha value is -1.81. The fourth-order valence-electron chi connectivity index (χ4n) is 3.24. The number of carbonyl (C=O) groups is 1. The smallest absolute Gasteiger partial charge is 0.342 e. The van der Waals surface area contributed by atoms with Crippen LogP contribution in [0.2, 0.25) is 18.1 Å². The highest BCUT2D eigenvalue weighted by molar-refractivity contribution is 6.74. The highest BCUT2D eigenvalue weighted by Crippen LogP contribution is 2.43. The molecule has 29 heavy (non-hydrogen) atoms. The predicted molar refractivity (Wildman–Crippen MR) is 110 cm³/mol. The van der Waals surface area contributed by atoms with Crippen molar-refractivity contribution in [1.29, 1.82) is 0 Å². The highest BCUT2D eigenvalue weighted by Gasteiger charge is 2.58. The van der Waals surface area contributed by atoms with Gasteiger partial charge in [0.1, 0.15) is 6.10 Å². The maximum absolute atomic E-state index is 12.4. The number of aliphatic hydroxyl groups excluding tert-OH is 1. The van der Waals surface area contributed by atoms with Crippen LogP contribution in [0.15, 0.2) is 30.3 Å². The van der Waals surface area contributed by atoms with Gasteiger partial charge in [-0.1, -0.05) is 51.1 Å². The molecule has 1 aliphatic rings. The molecule has 1 aromatic rings. The maximum Gasteiger partial charge on any atom is 0.342 e. The van der Waals surface area contributed by atoms with Gasteiger partial charge in [0.25, 0.3) is 6.04 Å². The first kappa shape index (κ1) is 23.5. The Morgan fingerprint density at radius 1 is 1.28 bits per heavy atom. The van der Waals surface area contributed by atoms with Crippen LogP contribution >= 0.6 is 0 Å². The van der Waals surface area contributed by atoms with E-state index < -0.39 is 49.7 Å². The minimum Gasteiger partial charge on any atom is -0.464 e. The van der Waals surface area contributed by atoms with Crippen molar-refractivity contribution in [2.45, 2.75) is 76.3 Å². The summed E-state index contributed by atoms with van der Waals surface area (Å²) in [4.78, 5) is 23.9. The van der Waals surface area contributed by atoms with Gasteiger partial charge in [-0.15, -0.1) is 0 Å². The van der Waals surface area contributed by atoms with Crippen molar-refractivity contribution < 1.29 is 28.7 Å². The first-order valence-corrected chi connectivity index (χ1v) is 12.7. The molecule has 0 saturated carbocycles. The van der Waals surface area contributed by atoms with E-state index in [-0.39, 0.29) is 11.6 Å². The first-order valence-electron chi connectivity index (χ1n) is 9.77. The van der Waals surface area contributed by atoms with Gasteiger partial charge in [-0.3, -0.25) is 10.1 Å². The second-order valence-electron chi connectivity index (χ2n) is 8.75. The van der Waals surface area contributed by atoms with Crippen molar-refractivity contribution >= 4 is 14.3 Å². The third-order valence-electron chi connectivity index (χ3n) is 5.78. The average Bonchev–Trinajstić information content (AvgIpc) is 2.62. The average molecular weight is 426 g/mol. The van der Waals surface area contributed by atoms with Crippen LogP contribution in [0.3, 0.4) is 0 Å². The number of hydrogen-bond acceptors (Lipinski definition) is 7. The molecule has 8 nitrogen and oxygen atoms in total. The third-order valence-corrected chi connectivity index (χ3v) is 10.3. The third kappa shape index (κ3) is 5.03. The van der Waals surface area contributed by atoms with Gasteiger partial charge in [-0.05, 0) is 30.6 Å². The van der Waals surface area contributed by atoms with E-state index in [1.54, 1.807) is 37.3 Å². The van der Waals surface area contributed by atoms with Crippen molar-refractivity contribution in [1.82, 2.24) is 0 Å². The van der Waals surface area contributed by atoms with Gasteiger partial charge >= 0.3 is 5.97 Å². The molecule has 0 radical (unpaired) electrons. The molecular weight excluding hydrogens is 394 g/mol. The number of rotatable bonds is 6. The number of ether oxygens (including phenoxy) is 2. The van der Waals surface area contributed by atoms with Crippen LogP contribution in [0, 0.1) is 10.1 Å². The summed E-state index contributed by atoms with van der Waals surface area (Å²) in [5.41, 5.74) is 0.606. The quantitative estimate of drug-likeness (QED) is 0.323. The molecule has 0 aliphatic carbocycles. The lowest BCUT2D eigenvalue weighted by Gasteiger charge is -2.46. The van der Waals surface area contributed by atoms with E-state index >= 15 is 0 Å². The van der Waals surface area contributed by atoms with Crippen molar-refractivity contribution in [3.05, 3.63) is 46.0 Å². The van der Waals surface area contributed by atoms with E-state index in [4.69, 9.17) is 13.9 Å². The molecule has 1 aliphatic heterocycles. The first-order chi connectivity index (χ1) is 13.4. The largest absolute Gasteiger partial charge is 0.464 e. The number of benzene rings is 1. The van der Waals surface area contributed by atoms with Gasteiger partial charge in [-0.25, -0.2) is 4.79 Å². The van der Waals surface area contributed by atoms with Crippen LogP contribution < -0.4 is 0 Å². The van der Waals surface area contributed by atoms with Crippen molar-refractivity contribution in [3.8, 4) is 0 Å². The second kappa shape index (κ2) is 8.91. The summed E-state index contributed by atoms with van der Waals surface area (Å²) in [5.74, 6) is -1.74. The lowest BCUT2D eigenvalue weighted by molar-refractivity contribution is -0.550. The Morgan fingerprint density at radius 3 is 2.34 bits per heavy atom. The predicted octanol–water partition coefficient (Wildman–Crippen LogP) is 3.09. The number of aliphatic hydroxyl groups is 1. The minimum absolute atomic E-state index is 0.0547. The summed E-state index contributed by atoms with van der Waals surface area (Å²) in [5, 5.41) is 22.6. The van der Waals surface area contributed by atoms with Crippen molar-refractivity contribution in [2.24, 2.45) is 0 Å². The van der Waals surface area contributed by atoms with Crippen molar-refractivity contribution in [2.75, 3.05) is 6.61 Å². The van der Waals surface area contributed by atoms with Gasteiger partial charge < -0.3 is 19.0 Å². The van der Waals surface area contributed by atoms with E-state index in [0.29, 0.717) is 5.56 Å². The van der Waals surface area contributed by atoms with Crippen LogP contribution in [0.5, 0.6) is 0 Å². The molecule has 9 heteroatoms. The summed E-state index contributed by atoms with van der Waals surface area (Å²) in [6.45, 7) is 11.8. The zero-order valence-electron chi connectivity index (χ0n) is 17.8. The SMILES string of the molecule is CCOC(=O)[C@H]1O[C@H](O)[C@@H](O[Si](C)(C)C(C)(C)C)[C@@H](c2ccccc2)[C@H]1[N+](=O)[O-]. The number of nitro groups is 1. The summed E-state index contributed by atoms with van der Waals surface area (Å²) in [6, 6.07) is 7.35. The molecule has 0 bridgehead atoms. The van der Waals surface area contributed by atoms with Crippen LogP contribution in [0.25, 0.3) is 0 Å². The molecule has 1 fully saturated rings. The molecule has 0 amide bonds.